The summed E-state index contributed by atoms with van der Waals surface area (Å²) in [5.74, 6) is -0.170. The van der Waals surface area contributed by atoms with Gasteiger partial charge in [-0.15, -0.1) is 0 Å². The average molecular weight is 241 g/mol. The van der Waals surface area contributed by atoms with Crippen molar-refractivity contribution in [3.8, 4) is 0 Å². The third kappa shape index (κ3) is 2.48. The maximum Gasteiger partial charge on any atom is 0.256 e. The standard InChI is InChI=1S/C14H15N3O/c1-9-3-4-11(15)7-12(9)14(18)17-13-8-16-6-5-10(13)2/h3-8H,15H2,1-2H3,(H,17,18). The monoisotopic (exact) mass is 241 g/mol. The van der Waals surface area contributed by atoms with E-state index in [9.17, 15) is 4.79 Å². The smallest absolute Gasteiger partial charge is 0.256 e. The number of pyridine rings is 1. The Morgan fingerprint density at radius 2 is 2.00 bits per heavy atom. The second-order valence-corrected chi connectivity index (χ2v) is 4.22. The van der Waals surface area contributed by atoms with Crippen molar-refractivity contribution < 1.29 is 4.79 Å². The number of amides is 1. The SMILES string of the molecule is Cc1ccncc1NC(=O)c1cc(N)ccc1C. The lowest BCUT2D eigenvalue weighted by molar-refractivity contribution is 0.102. The second-order valence-electron chi connectivity index (χ2n) is 4.22. The molecule has 0 bridgehead atoms. The maximum absolute atomic E-state index is 12.1. The molecular formula is C14H15N3O. The third-order valence-corrected chi connectivity index (χ3v) is 2.79. The lowest BCUT2D eigenvalue weighted by Crippen LogP contribution is -2.14. The van der Waals surface area contributed by atoms with Crippen LogP contribution in [0.3, 0.4) is 0 Å². The van der Waals surface area contributed by atoms with E-state index in [0.717, 1.165) is 11.1 Å². The fourth-order valence-corrected chi connectivity index (χ4v) is 1.67. The van der Waals surface area contributed by atoms with Gasteiger partial charge in [0.25, 0.3) is 5.91 Å². The molecule has 0 unspecified atom stereocenters. The zero-order valence-electron chi connectivity index (χ0n) is 10.4. The van der Waals surface area contributed by atoms with Crippen molar-refractivity contribution in [3.63, 3.8) is 0 Å². The first-order chi connectivity index (χ1) is 8.58. The van der Waals surface area contributed by atoms with Gasteiger partial charge in [0.05, 0.1) is 11.9 Å². The summed E-state index contributed by atoms with van der Waals surface area (Å²) < 4.78 is 0. The predicted octanol–water partition coefficient (Wildman–Crippen LogP) is 2.53. The normalized spacial score (nSPS) is 10.1. The van der Waals surface area contributed by atoms with Gasteiger partial charge in [-0.1, -0.05) is 6.07 Å². The summed E-state index contributed by atoms with van der Waals surface area (Å²) >= 11 is 0. The summed E-state index contributed by atoms with van der Waals surface area (Å²) in [5, 5.41) is 2.84. The van der Waals surface area contributed by atoms with Gasteiger partial charge >= 0.3 is 0 Å². The molecule has 0 saturated carbocycles. The molecule has 1 heterocycles. The summed E-state index contributed by atoms with van der Waals surface area (Å²) in [6.45, 7) is 3.80. The van der Waals surface area contributed by atoms with E-state index in [1.54, 1.807) is 24.5 Å². The minimum atomic E-state index is -0.170. The highest BCUT2D eigenvalue weighted by molar-refractivity contribution is 6.06. The molecule has 0 aliphatic carbocycles. The van der Waals surface area contributed by atoms with Gasteiger partial charge in [0, 0.05) is 17.4 Å². The Kier molecular flexibility index (Phi) is 3.28. The predicted molar refractivity (Wildman–Crippen MR) is 72.5 cm³/mol. The van der Waals surface area contributed by atoms with Crippen LogP contribution in [0.4, 0.5) is 11.4 Å². The van der Waals surface area contributed by atoms with E-state index in [1.807, 2.05) is 26.0 Å². The highest BCUT2D eigenvalue weighted by atomic mass is 16.1. The minimum Gasteiger partial charge on any atom is -0.399 e. The molecule has 0 saturated heterocycles. The third-order valence-electron chi connectivity index (χ3n) is 2.79. The van der Waals surface area contributed by atoms with Gasteiger partial charge in [0.2, 0.25) is 0 Å². The van der Waals surface area contributed by atoms with Crippen LogP contribution in [0.15, 0.2) is 36.7 Å². The molecule has 0 radical (unpaired) electrons. The fraction of sp³-hybridized carbons (Fsp3) is 0.143. The van der Waals surface area contributed by atoms with Gasteiger partial charge in [-0.25, -0.2) is 0 Å². The molecule has 0 aliphatic heterocycles. The van der Waals surface area contributed by atoms with Gasteiger partial charge in [-0.2, -0.15) is 0 Å². The van der Waals surface area contributed by atoms with Crippen LogP contribution in [0, 0.1) is 13.8 Å². The van der Waals surface area contributed by atoms with Crippen LogP contribution in [0.2, 0.25) is 0 Å². The number of rotatable bonds is 2. The van der Waals surface area contributed by atoms with Crippen molar-refractivity contribution in [1.82, 2.24) is 4.98 Å². The van der Waals surface area contributed by atoms with Crippen LogP contribution in [-0.2, 0) is 0 Å². The average Bonchev–Trinajstić information content (AvgIpc) is 2.35. The lowest BCUT2D eigenvalue weighted by atomic mass is 10.1. The molecule has 1 aromatic heterocycles. The minimum absolute atomic E-state index is 0.170. The van der Waals surface area contributed by atoms with Crippen molar-refractivity contribution in [2.45, 2.75) is 13.8 Å². The molecule has 92 valence electrons. The van der Waals surface area contributed by atoms with Gasteiger partial charge in [-0.05, 0) is 43.2 Å². The number of carbonyl (C=O) groups excluding carboxylic acids is 1. The number of benzene rings is 1. The number of hydrogen-bond donors (Lipinski definition) is 2. The molecule has 2 aromatic rings. The Morgan fingerprint density at radius 3 is 2.72 bits per heavy atom. The van der Waals surface area contributed by atoms with E-state index in [1.165, 1.54) is 0 Å². The van der Waals surface area contributed by atoms with Crippen molar-refractivity contribution in [3.05, 3.63) is 53.3 Å². The fourth-order valence-electron chi connectivity index (χ4n) is 1.67. The second kappa shape index (κ2) is 4.87. The number of nitrogens with one attached hydrogen (secondary N) is 1. The van der Waals surface area contributed by atoms with Crippen LogP contribution in [0.5, 0.6) is 0 Å². The molecule has 4 nitrogen and oxygen atoms in total. The number of carbonyl (C=O) groups is 1. The summed E-state index contributed by atoms with van der Waals surface area (Å²) in [4.78, 5) is 16.1. The van der Waals surface area contributed by atoms with Crippen molar-refractivity contribution >= 4 is 17.3 Å². The lowest BCUT2D eigenvalue weighted by Gasteiger charge is -2.09. The zero-order chi connectivity index (χ0) is 13.1. The largest absolute Gasteiger partial charge is 0.399 e. The highest BCUT2D eigenvalue weighted by Crippen LogP contribution is 2.17. The number of hydrogen-bond acceptors (Lipinski definition) is 3. The molecular weight excluding hydrogens is 226 g/mol. The van der Waals surface area contributed by atoms with E-state index >= 15 is 0 Å². The van der Waals surface area contributed by atoms with Crippen molar-refractivity contribution in [2.75, 3.05) is 11.1 Å². The first-order valence-electron chi connectivity index (χ1n) is 5.66. The first-order valence-corrected chi connectivity index (χ1v) is 5.66. The Bertz CT molecular complexity index is 593. The van der Waals surface area contributed by atoms with E-state index in [-0.39, 0.29) is 5.91 Å². The summed E-state index contributed by atoms with van der Waals surface area (Å²) in [5.41, 5.74) is 9.43. The maximum atomic E-state index is 12.1. The van der Waals surface area contributed by atoms with E-state index in [2.05, 4.69) is 10.3 Å². The number of nitrogens with zero attached hydrogens (tertiary/aromatic N) is 1. The van der Waals surface area contributed by atoms with Gasteiger partial charge in [0.1, 0.15) is 0 Å². The van der Waals surface area contributed by atoms with Crippen LogP contribution in [0.1, 0.15) is 21.5 Å². The summed E-state index contributed by atoms with van der Waals surface area (Å²) in [6, 6.07) is 7.14. The molecule has 2 rings (SSSR count). The van der Waals surface area contributed by atoms with E-state index < -0.39 is 0 Å². The molecule has 1 amide bonds. The Balaban J connectivity index is 2.28. The van der Waals surface area contributed by atoms with E-state index in [4.69, 9.17) is 5.73 Å². The zero-order valence-corrected chi connectivity index (χ0v) is 10.4. The summed E-state index contributed by atoms with van der Waals surface area (Å²) in [6.07, 6.45) is 3.33. The van der Waals surface area contributed by atoms with Crippen LogP contribution in [0.25, 0.3) is 0 Å². The topological polar surface area (TPSA) is 68.0 Å². The Hall–Kier alpha value is -2.36. The van der Waals surface area contributed by atoms with Crippen molar-refractivity contribution in [1.29, 1.82) is 0 Å². The molecule has 0 spiro atoms. The molecule has 1 aromatic carbocycles. The number of aryl methyl sites for hydroxylation is 2. The number of aromatic nitrogens is 1. The number of anilines is 2. The number of nitrogen functional groups attached to an aromatic ring is 1. The van der Waals surface area contributed by atoms with Gasteiger partial charge in [0.15, 0.2) is 0 Å². The van der Waals surface area contributed by atoms with Crippen LogP contribution >= 0.6 is 0 Å². The molecule has 0 fully saturated rings. The summed E-state index contributed by atoms with van der Waals surface area (Å²) in [7, 11) is 0. The Morgan fingerprint density at radius 1 is 1.22 bits per heavy atom. The molecule has 18 heavy (non-hydrogen) atoms. The first kappa shape index (κ1) is 12.1. The van der Waals surface area contributed by atoms with E-state index in [0.29, 0.717) is 16.9 Å². The highest BCUT2D eigenvalue weighted by Gasteiger charge is 2.10. The quantitative estimate of drug-likeness (QED) is 0.794. The molecule has 0 atom stereocenters. The molecule has 4 heteroatoms. The van der Waals surface area contributed by atoms with Crippen LogP contribution < -0.4 is 11.1 Å². The number of nitrogens with two attached hydrogens (primary N) is 1. The van der Waals surface area contributed by atoms with Crippen molar-refractivity contribution in [2.24, 2.45) is 0 Å². The molecule has 0 aliphatic rings. The van der Waals surface area contributed by atoms with Gasteiger partial charge < -0.3 is 11.1 Å². The Labute approximate surface area is 106 Å². The molecule has 3 N–H and O–H groups in total. The van der Waals surface area contributed by atoms with Gasteiger partial charge in [-0.3, -0.25) is 9.78 Å². The van der Waals surface area contributed by atoms with Crippen LogP contribution in [-0.4, -0.2) is 10.9 Å².